The van der Waals surface area contributed by atoms with E-state index in [1.807, 2.05) is 20.0 Å². The number of halogens is 1. The number of hydrogen-bond donors (Lipinski definition) is 2. The molecule has 1 aromatic heterocycles. The molecule has 8 nitrogen and oxygen atoms in total. The summed E-state index contributed by atoms with van der Waals surface area (Å²) in [5.74, 6) is -0.0679. The highest BCUT2D eigenvalue weighted by atomic mass is 35.5. The smallest absolute Gasteiger partial charge is 0.246 e. The van der Waals surface area contributed by atoms with Crippen molar-refractivity contribution in [2.24, 2.45) is 0 Å². The van der Waals surface area contributed by atoms with Gasteiger partial charge in [0.1, 0.15) is 5.69 Å². The first-order valence-corrected chi connectivity index (χ1v) is 7.66. The molecule has 2 heterocycles. The van der Waals surface area contributed by atoms with Crippen LogP contribution in [0.3, 0.4) is 0 Å². The fourth-order valence-corrected chi connectivity index (χ4v) is 2.53. The summed E-state index contributed by atoms with van der Waals surface area (Å²) in [4.78, 5) is 25.1. The second-order valence-corrected chi connectivity index (χ2v) is 6.07. The lowest BCUT2D eigenvalue weighted by Crippen LogP contribution is -2.38. The van der Waals surface area contributed by atoms with Gasteiger partial charge in [-0.2, -0.15) is 0 Å². The zero-order chi connectivity index (χ0) is 17.0. The van der Waals surface area contributed by atoms with E-state index in [0.717, 1.165) is 11.3 Å². The molecule has 0 bridgehead atoms. The van der Waals surface area contributed by atoms with Crippen LogP contribution in [-0.2, 0) is 16.1 Å². The highest BCUT2D eigenvalue weighted by Gasteiger charge is 2.30. The molecule has 1 fully saturated rings. The summed E-state index contributed by atoms with van der Waals surface area (Å²) in [6, 6.07) is -0.100. The molecule has 0 radical (unpaired) electrons. The maximum absolute atomic E-state index is 11.9. The first-order valence-electron chi connectivity index (χ1n) is 7.66. The van der Waals surface area contributed by atoms with Crippen molar-refractivity contribution in [3.8, 4) is 0 Å². The van der Waals surface area contributed by atoms with E-state index in [0.29, 0.717) is 19.5 Å². The van der Waals surface area contributed by atoms with Gasteiger partial charge in [0.05, 0.1) is 24.8 Å². The SMILES string of the molecule is CNC(=O)[C@@H]1C[C@@H](n2cc(CN(C)C(=O)C=C(C)C)nn2)CN1.Cl. The minimum atomic E-state index is -0.195. The summed E-state index contributed by atoms with van der Waals surface area (Å²) in [6.07, 6.45) is 4.11. The van der Waals surface area contributed by atoms with E-state index in [-0.39, 0.29) is 36.3 Å². The van der Waals surface area contributed by atoms with E-state index < -0.39 is 0 Å². The monoisotopic (exact) mass is 356 g/mol. The van der Waals surface area contributed by atoms with Crippen LogP contribution in [0.5, 0.6) is 0 Å². The average Bonchev–Trinajstić information content (AvgIpc) is 3.14. The van der Waals surface area contributed by atoms with Crippen LogP contribution in [0, 0.1) is 0 Å². The normalized spacial score (nSPS) is 19.3. The van der Waals surface area contributed by atoms with E-state index >= 15 is 0 Å². The molecule has 0 aromatic carbocycles. The summed E-state index contributed by atoms with van der Waals surface area (Å²) >= 11 is 0. The lowest BCUT2D eigenvalue weighted by atomic mass is 10.1. The van der Waals surface area contributed by atoms with Crippen molar-refractivity contribution >= 4 is 24.2 Å². The van der Waals surface area contributed by atoms with Crippen molar-refractivity contribution in [1.29, 1.82) is 0 Å². The number of hydrogen-bond acceptors (Lipinski definition) is 5. The molecule has 2 amide bonds. The lowest BCUT2D eigenvalue weighted by Gasteiger charge is -2.13. The second kappa shape index (κ2) is 8.79. The number of rotatable bonds is 5. The van der Waals surface area contributed by atoms with E-state index in [4.69, 9.17) is 0 Å². The molecule has 2 atom stereocenters. The molecule has 2 rings (SSSR count). The summed E-state index contributed by atoms with van der Waals surface area (Å²) in [5, 5.41) is 14.1. The molecular weight excluding hydrogens is 332 g/mol. The van der Waals surface area contributed by atoms with Gasteiger partial charge in [-0.05, 0) is 20.3 Å². The van der Waals surface area contributed by atoms with Crippen LogP contribution in [0.15, 0.2) is 17.8 Å². The fourth-order valence-electron chi connectivity index (χ4n) is 2.53. The van der Waals surface area contributed by atoms with Crippen LogP contribution in [0.4, 0.5) is 0 Å². The Hall–Kier alpha value is -1.93. The Kier molecular flexibility index (Phi) is 7.37. The Morgan fingerprint density at radius 1 is 1.50 bits per heavy atom. The average molecular weight is 357 g/mol. The van der Waals surface area contributed by atoms with Crippen molar-refractivity contribution in [1.82, 2.24) is 30.5 Å². The number of likely N-dealkylation sites (N-methyl/N-ethyl adjacent to an activating group) is 2. The van der Waals surface area contributed by atoms with Crippen LogP contribution in [0.1, 0.15) is 32.0 Å². The Morgan fingerprint density at radius 2 is 2.21 bits per heavy atom. The molecule has 0 spiro atoms. The van der Waals surface area contributed by atoms with Crippen molar-refractivity contribution in [2.75, 3.05) is 20.6 Å². The van der Waals surface area contributed by atoms with Crippen LogP contribution >= 0.6 is 12.4 Å². The maximum atomic E-state index is 11.9. The first kappa shape index (κ1) is 20.1. The van der Waals surface area contributed by atoms with Gasteiger partial charge in [0.25, 0.3) is 0 Å². The minimum absolute atomic E-state index is 0. The molecule has 1 aromatic rings. The molecule has 1 aliphatic heterocycles. The number of nitrogens with zero attached hydrogens (tertiary/aromatic N) is 4. The van der Waals surface area contributed by atoms with Crippen LogP contribution in [-0.4, -0.2) is 58.4 Å². The van der Waals surface area contributed by atoms with Gasteiger partial charge in [-0.3, -0.25) is 9.59 Å². The molecule has 9 heteroatoms. The third-order valence-corrected chi connectivity index (χ3v) is 3.79. The number of nitrogens with one attached hydrogen (secondary N) is 2. The molecular formula is C15H25ClN6O2. The molecule has 0 saturated carbocycles. The maximum Gasteiger partial charge on any atom is 0.246 e. The van der Waals surface area contributed by atoms with Crippen molar-refractivity contribution in [3.05, 3.63) is 23.5 Å². The summed E-state index contributed by atoms with van der Waals surface area (Å²) < 4.78 is 1.77. The number of amides is 2. The molecule has 2 N–H and O–H groups in total. The van der Waals surface area contributed by atoms with Crippen molar-refractivity contribution < 1.29 is 9.59 Å². The predicted molar refractivity (Wildman–Crippen MR) is 92.7 cm³/mol. The Balaban J connectivity index is 0.00000288. The first-order chi connectivity index (χ1) is 10.9. The van der Waals surface area contributed by atoms with Crippen LogP contribution in [0.2, 0.25) is 0 Å². The van der Waals surface area contributed by atoms with Crippen LogP contribution in [0.25, 0.3) is 0 Å². The van der Waals surface area contributed by atoms with E-state index in [1.165, 1.54) is 0 Å². The Morgan fingerprint density at radius 3 is 2.83 bits per heavy atom. The van der Waals surface area contributed by atoms with Gasteiger partial charge < -0.3 is 15.5 Å². The van der Waals surface area contributed by atoms with Crippen LogP contribution < -0.4 is 10.6 Å². The fraction of sp³-hybridized carbons (Fsp3) is 0.600. The largest absolute Gasteiger partial charge is 0.358 e. The third-order valence-electron chi connectivity index (χ3n) is 3.79. The van der Waals surface area contributed by atoms with Gasteiger partial charge in [-0.25, -0.2) is 4.68 Å². The van der Waals surface area contributed by atoms with Crippen molar-refractivity contribution in [3.63, 3.8) is 0 Å². The minimum Gasteiger partial charge on any atom is -0.358 e. The number of carbonyl (C=O) groups excluding carboxylic acids is 2. The summed E-state index contributed by atoms with van der Waals surface area (Å²) in [7, 11) is 3.36. The standard InChI is InChI=1S/C15H24N6O2.ClH/c1-10(2)5-14(22)20(4)8-11-9-21(19-18-11)12-6-13(17-7-12)15(23)16-3;/h5,9,12-13,17H,6-8H2,1-4H3,(H,16,23);1H/t12-,13+;/m1./s1. The quantitative estimate of drug-likeness (QED) is 0.739. The molecule has 1 saturated heterocycles. The molecule has 0 aliphatic carbocycles. The van der Waals surface area contributed by atoms with Gasteiger partial charge in [0, 0.05) is 26.7 Å². The number of aromatic nitrogens is 3. The molecule has 0 unspecified atom stereocenters. The highest BCUT2D eigenvalue weighted by Crippen LogP contribution is 2.19. The van der Waals surface area contributed by atoms with E-state index in [1.54, 1.807) is 29.8 Å². The van der Waals surface area contributed by atoms with Gasteiger partial charge in [-0.1, -0.05) is 10.8 Å². The zero-order valence-electron chi connectivity index (χ0n) is 14.4. The number of carbonyl (C=O) groups is 2. The lowest BCUT2D eigenvalue weighted by molar-refractivity contribution is -0.125. The van der Waals surface area contributed by atoms with Crippen molar-refractivity contribution in [2.45, 2.75) is 38.9 Å². The summed E-state index contributed by atoms with van der Waals surface area (Å²) in [5.41, 5.74) is 1.69. The zero-order valence-corrected chi connectivity index (χ0v) is 15.3. The van der Waals surface area contributed by atoms with Gasteiger partial charge in [-0.15, -0.1) is 17.5 Å². The van der Waals surface area contributed by atoms with E-state index in [2.05, 4.69) is 20.9 Å². The highest BCUT2D eigenvalue weighted by molar-refractivity contribution is 5.87. The third kappa shape index (κ3) is 5.04. The van der Waals surface area contributed by atoms with E-state index in [9.17, 15) is 9.59 Å². The van der Waals surface area contributed by atoms with Gasteiger partial charge in [0.2, 0.25) is 11.8 Å². The second-order valence-electron chi connectivity index (χ2n) is 6.07. The molecule has 24 heavy (non-hydrogen) atoms. The van der Waals surface area contributed by atoms with Gasteiger partial charge in [0.15, 0.2) is 0 Å². The topological polar surface area (TPSA) is 92.2 Å². The summed E-state index contributed by atoms with van der Waals surface area (Å²) in [6.45, 7) is 4.85. The Labute approximate surface area is 148 Å². The van der Waals surface area contributed by atoms with Gasteiger partial charge >= 0.3 is 0 Å². The Bertz CT molecular complexity index is 611. The molecule has 1 aliphatic rings. The predicted octanol–water partition coefficient (Wildman–Crippen LogP) is 0.273. The number of allylic oxidation sites excluding steroid dienone is 1. The molecule has 134 valence electrons.